The van der Waals surface area contributed by atoms with Crippen LogP contribution >= 0.6 is 0 Å². The first-order valence-corrected chi connectivity index (χ1v) is 6.72. The van der Waals surface area contributed by atoms with Crippen molar-refractivity contribution in [2.24, 2.45) is 5.10 Å². The lowest BCUT2D eigenvalue weighted by Gasteiger charge is -2.00. The Balaban J connectivity index is 1.86. The highest BCUT2D eigenvalue weighted by atomic mass is 19.1. The number of benzene rings is 2. The maximum absolute atomic E-state index is 12.9. The van der Waals surface area contributed by atoms with Crippen LogP contribution in [0.1, 0.15) is 17.0 Å². The molecule has 0 fully saturated rings. The van der Waals surface area contributed by atoms with E-state index in [9.17, 15) is 9.18 Å². The van der Waals surface area contributed by atoms with E-state index >= 15 is 0 Å². The van der Waals surface area contributed by atoms with E-state index in [-0.39, 0.29) is 5.82 Å². The van der Waals surface area contributed by atoms with E-state index in [2.05, 4.69) is 15.3 Å². The monoisotopic (exact) mass is 296 g/mol. The highest BCUT2D eigenvalue weighted by Crippen LogP contribution is 2.05. The molecule has 5 nitrogen and oxygen atoms in total. The number of aromatic nitrogens is 3. The van der Waals surface area contributed by atoms with Crippen molar-refractivity contribution >= 4 is 6.21 Å². The van der Waals surface area contributed by atoms with Gasteiger partial charge in [-0.25, -0.2) is 14.3 Å². The summed E-state index contributed by atoms with van der Waals surface area (Å²) in [5.41, 5.74) is 1.31. The molecule has 22 heavy (non-hydrogen) atoms. The van der Waals surface area contributed by atoms with E-state index in [1.807, 2.05) is 30.3 Å². The largest absolute Gasteiger partial charge is 0.364 e. The first-order valence-electron chi connectivity index (χ1n) is 6.72. The number of hydrogen-bond donors (Lipinski definition) is 1. The number of H-pyrrole nitrogens is 1. The molecule has 1 N–H and O–H groups in total. The maximum Gasteiger partial charge on any atom is 0.364 e. The van der Waals surface area contributed by atoms with Gasteiger partial charge in [-0.1, -0.05) is 42.5 Å². The molecule has 110 valence electrons. The van der Waals surface area contributed by atoms with Crippen LogP contribution in [0, 0.1) is 5.82 Å². The highest BCUT2D eigenvalue weighted by molar-refractivity contribution is 5.79. The standard InChI is InChI=1S/C16H13FN4O/c17-14-8-6-13(7-9-14)11-18-21-15(19-20-16(21)22)10-12-4-2-1-3-5-12/h1-9,11H,10H2,(H,20,22)/b18-11+. The molecule has 0 radical (unpaired) electrons. The molecule has 0 saturated carbocycles. The molecule has 0 aliphatic carbocycles. The number of halogens is 1. The summed E-state index contributed by atoms with van der Waals surface area (Å²) in [6, 6.07) is 15.5. The van der Waals surface area contributed by atoms with Crippen molar-refractivity contribution in [2.45, 2.75) is 6.42 Å². The normalized spacial score (nSPS) is 11.1. The Hall–Kier alpha value is -3.02. The van der Waals surface area contributed by atoms with Gasteiger partial charge in [0.25, 0.3) is 0 Å². The van der Waals surface area contributed by atoms with E-state index in [1.165, 1.54) is 23.0 Å². The Morgan fingerprint density at radius 1 is 1.14 bits per heavy atom. The van der Waals surface area contributed by atoms with Crippen LogP contribution in [-0.4, -0.2) is 21.1 Å². The molecule has 0 spiro atoms. The molecule has 0 saturated heterocycles. The second kappa shape index (κ2) is 6.17. The van der Waals surface area contributed by atoms with E-state index in [1.54, 1.807) is 12.1 Å². The predicted molar refractivity (Wildman–Crippen MR) is 81.5 cm³/mol. The van der Waals surface area contributed by atoms with Gasteiger partial charge in [0.1, 0.15) is 5.82 Å². The minimum absolute atomic E-state index is 0.317. The molecular weight excluding hydrogens is 283 g/mol. The van der Waals surface area contributed by atoms with Crippen molar-refractivity contribution < 1.29 is 4.39 Å². The molecule has 2 aromatic carbocycles. The van der Waals surface area contributed by atoms with Crippen LogP contribution in [0.2, 0.25) is 0 Å². The van der Waals surface area contributed by atoms with E-state index in [0.29, 0.717) is 17.8 Å². The predicted octanol–water partition coefficient (Wildman–Crippen LogP) is 2.18. The van der Waals surface area contributed by atoms with Gasteiger partial charge in [0.2, 0.25) is 0 Å². The third kappa shape index (κ3) is 3.17. The number of rotatable bonds is 4. The zero-order valence-electron chi connectivity index (χ0n) is 11.6. The summed E-state index contributed by atoms with van der Waals surface area (Å²) in [7, 11) is 0. The number of aromatic amines is 1. The number of nitrogens with zero attached hydrogens (tertiary/aromatic N) is 3. The summed E-state index contributed by atoms with van der Waals surface area (Å²) < 4.78 is 14.1. The Kier molecular flexibility index (Phi) is 3.91. The molecule has 1 heterocycles. The van der Waals surface area contributed by atoms with E-state index in [4.69, 9.17) is 0 Å². The molecule has 0 bridgehead atoms. The zero-order chi connectivity index (χ0) is 15.4. The lowest BCUT2D eigenvalue weighted by molar-refractivity contribution is 0.628. The van der Waals surface area contributed by atoms with Crippen LogP contribution < -0.4 is 5.69 Å². The molecule has 1 aromatic heterocycles. The van der Waals surface area contributed by atoms with Gasteiger partial charge in [-0.3, -0.25) is 0 Å². The van der Waals surface area contributed by atoms with Crippen molar-refractivity contribution in [3.05, 3.63) is 87.9 Å². The average molecular weight is 296 g/mol. The van der Waals surface area contributed by atoms with Crippen LogP contribution in [0.5, 0.6) is 0 Å². The highest BCUT2D eigenvalue weighted by Gasteiger charge is 2.07. The van der Waals surface area contributed by atoms with Gasteiger partial charge in [-0.15, -0.1) is 0 Å². The Morgan fingerprint density at radius 2 is 1.86 bits per heavy atom. The Bertz CT molecular complexity index is 835. The molecule has 0 aliphatic heterocycles. The lowest BCUT2D eigenvalue weighted by atomic mass is 10.1. The molecular formula is C16H13FN4O. The van der Waals surface area contributed by atoms with Crippen molar-refractivity contribution in [3.8, 4) is 0 Å². The Labute approximate surface area is 125 Å². The average Bonchev–Trinajstić information content (AvgIpc) is 2.88. The van der Waals surface area contributed by atoms with E-state index < -0.39 is 5.69 Å². The van der Waals surface area contributed by atoms with Crippen molar-refractivity contribution in [2.75, 3.05) is 0 Å². The maximum atomic E-state index is 12.9. The third-order valence-corrected chi connectivity index (χ3v) is 3.11. The van der Waals surface area contributed by atoms with Crippen molar-refractivity contribution in [1.82, 2.24) is 14.9 Å². The Morgan fingerprint density at radius 3 is 2.59 bits per heavy atom. The van der Waals surface area contributed by atoms with Crippen molar-refractivity contribution in [1.29, 1.82) is 0 Å². The lowest BCUT2D eigenvalue weighted by Crippen LogP contribution is -2.15. The topological polar surface area (TPSA) is 63.0 Å². The van der Waals surface area contributed by atoms with Gasteiger partial charge in [0.15, 0.2) is 5.82 Å². The second-order valence-electron chi connectivity index (χ2n) is 4.72. The molecule has 0 aliphatic rings. The summed E-state index contributed by atoms with van der Waals surface area (Å²) in [6.07, 6.45) is 1.98. The fourth-order valence-corrected chi connectivity index (χ4v) is 2.01. The fourth-order valence-electron chi connectivity index (χ4n) is 2.01. The quantitative estimate of drug-likeness (QED) is 0.750. The summed E-state index contributed by atoms with van der Waals surface area (Å²) in [5.74, 6) is 0.192. The minimum Gasteiger partial charge on any atom is -0.244 e. The number of hydrogen-bond acceptors (Lipinski definition) is 3. The van der Waals surface area contributed by atoms with Gasteiger partial charge in [0.05, 0.1) is 6.21 Å². The van der Waals surface area contributed by atoms with Crippen LogP contribution in [0.15, 0.2) is 64.5 Å². The van der Waals surface area contributed by atoms with Gasteiger partial charge in [0, 0.05) is 6.42 Å². The third-order valence-electron chi connectivity index (χ3n) is 3.11. The van der Waals surface area contributed by atoms with Crippen LogP contribution in [-0.2, 0) is 6.42 Å². The summed E-state index contributed by atoms with van der Waals surface area (Å²) >= 11 is 0. The summed E-state index contributed by atoms with van der Waals surface area (Å²) in [6.45, 7) is 0. The number of nitrogens with one attached hydrogen (secondary N) is 1. The van der Waals surface area contributed by atoms with Gasteiger partial charge in [-0.05, 0) is 23.3 Å². The molecule has 6 heteroatoms. The van der Waals surface area contributed by atoms with Gasteiger partial charge >= 0.3 is 5.69 Å². The summed E-state index contributed by atoms with van der Waals surface area (Å²) in [4.78, 5) is 11.8. The molecule has 3 aromatic rings. The first kappa shape index (κ1) is 13.9. The van der Waals surface area contributed by atoms with Crippen LogP contribution in [0.3, 0.4) is 0 Å². The van der Waals surface area contributed by atoms with E-state index in [0.717, 1.165) is 5.56 Å². The molecule has 0 amide bonds. The van der Waals surface area contributed by atoms with Crippen LogP contribution in [0.25, 0.3) is 0 Å². The molecule has 3 rings (SSSR count). The smallest absolute Gasteiger partial charge is 0.244 e. The summed E-state index contributed by atoms with van der Waals surface area (Å²) in [5, 5.41) is 10.5. The fraction of sp³-hybridized carbons (Fsp3) is 0.0625. The minimum atomic E-state index is -0.413. The molecule has 0 unspecified atom stereocenters. The second-order valence-corrected chi connectivity index (χ2v) is 4.72. The molecule has 0 atom stereocenters. The SMILES string of the molecule is O=c1[nH]nc(Cc2ccccc2)n1/N=C/c1ccc(F)cc1. The van der Waals surface area contributed by atoms with Gasteiger partial charge < -0.3 is 0 Å². The first-order chi connectivity index (χ1) is 10.7. The zero-order valence-corrected chi connectivity index (χ0v) is 11.6. The van der Waals surface area contributed by atoms with Crippen LogP contribution in [0.4, 0.5) is 4.39 Å². The van der Waals surface area contributed by atoms with Gasteiger partial charge in [-0.2, -0.15) is 14.9 Å². The van der Waals surface area contributed by atoms with Crippen molar-refractivity contribution in [3.63, 3.8) is 0 Å².